The molecular weight excluding hydrogens is 228 g/mol. The van der Waals surface area contributed by atoms with Crippen molar-refractivity contribution < 1.29 is 13.2 Å². The number of nitrogens with one attached hydrogen (secondary N) is 2. The van der Waals surface area contributed by atoms with Crippen molar-refractivity contribution in [2.45, 2.75) is 18.9 Å². The van der Waals surface area contributed by atoms with Crippen LogP contribution in [0.3, 0.4) is 0 Å². The van der Waals surface area contributed by atoms with Gasteiger partial charge in [0.15, 0.2) is 0 Å². The topological polar surface area (TPSA) is 75.3 Å². The Bertz CT molecular complexity index is 304. The van der Waals surface area contributed by atoms with Crippen LogP contribution in [-0.4, -0.2) is 38.5 Å². The fourth-order valence-corrected chi connectivity index (χ4v) is 2.85. The zero-order valence-electron chi connectivity index (χ0n) is 7.62. The fourth-order valence-electron chi connectivity index (χ4n) is 1.26. The monoisotopic (exact) mass is 240 g/mol. The summed E-state index contributed by atoms with van der Waals surface area (Å²) >= 11 is 5.32. The first-order chi connectivity index (χ1) is 6.55. The van der Waals surface area contributed by atoms with Gasteiger partial charge in [-0.25, -0.2) is 13.1 Å². The van der Waals surface area contributed by atoms with E-state index in [1.165, 1.54) is 0 Å². The minimum Gasteiger partial charge on any atom is -0.355 e. The summed E-state index contributed by atoms with van der Waals surface area (Å²) < 4.78 is 24.9. The maximum Gasteiger partial charge on any atom is 0.238 e. The second-order valence-electron chi connectivity index (χ2n) is 3.11. The molecule has 1 amide bonds. The third-order valence-corrected chi connectivity index (χ3v) is 3.75. The number of halogens is 1. The van der Waals surface area contributed by atoms with Gasteiger partial charge in [-0.2, -0.15) is 0 Å². The second-order valence-corrected chi connectivity index (χ2v) is 5.36. The maximum absolute atomic E-state index is 11.3. The molecule has 0 saturated carbocycles. The van der Waals surface area contributed by atoms with Crippen LogP contribution in [0.4, 0.5) is 0 Å². The second kappa shape index (κ2) is 4.95. The minimum atomic E-state index is -3.41. The van der Waals surface area contributed by atoms with Gasteiger partial charge in [0, 0.05) is 12.4 Å². The van der Waals surface area contributed by atoms with E-state index in [9.17, 15) is 13.2 Å². The van der Waals surface area contributed by atoms with Gasteiger partial charge in [0.1, 0.15) is 6.04 Å². The van der Waals surface area contributed by atoms with Crippen molar-refractivity contribution in [3.05, 3.63) is 0 Å². The van der Waals surface area contributed by atoms with E-state index >= 15 is 0 Å². The number of amides is 1. The van der Waals surface area contributed by atoms with Crippen molar-refractivity contribution in [1.82, 2.24) is 10.0 Å². The molecule has 1 unspecified atom stereocenters. The number of carbonyl (C=O) groups is 1. The first-order valence-electron chi connectivity index (χ1n) is 4.39. The predicted molar refractivity (Wildman–Crippen MR) is 53.7 cm³/mol. The first-order valence-corrected chi connectivity index (χ1v) is 6.57. The summed E-state index contributed by atoms with van der Waals surface area (Å²) in [5, 5.41) is 2.60. The van der Waals surface area contributed by atoms with E-state index < -0.39 is 16.1 Å². The Morgan fingerprint density at radius 1 is 1.57 bits per heavy atom. The SMILES string of the molecule is O=C1NCCCC1NS(=O)(=O)CCCl. The zero-order chi connectivity index (χ0) is 10.6. The molecule has 1 heterocycles. The average Bonchev–Trinajstić information content (AvgIpc) is 2.08. The molecule has 2 N–H and O–H groups in total. The van der Waals surface area contributed by atoms with Crippen LogP contribution in [0.15, 0.2) is 0 Å². The van der Waals surface area contributed by atoms with Crippen molar-refractivity contribution in [3.8, 4) is 0 Å². The number of alkyl halides is 1. The number of sulfonamides is 1. The van der Waals surface area contributed by atoms with Gasteiger partial charge in [0.05, 0.1) is 5.75 Å². The van der Waals surface area contributed by atoms with E-state index in [2.05, 4.69) is 10.0 Å². The van der Waals surface area contributed by atoms with Crippen LogP contribution in [-0.2, 0) is 14.8 Å². The van der Waals surface area contributed by atoms with Crippen LogP contribution < -0.4 is 10.0 Å². The van der Waals surface area contributed by atoms with Crippen LogP contribution in [0.25, 0.3) is 0 Å². The lowest BCUT2D eigenvalue weighted by Gasteiger charge is -2.22. The molecule has 1 saturated heterocycles. The van der Waals surface area contributed by atoms with Gasteiger partial charge in [0.25, 0.3) is 0 Å². The summed E-state index contributed by atoms with van der Waals surface area (Å²) in [4.78, 5) is 11.2. The van der Waals surface area contributed by atoms with Crippen LogP contribution in [0.1, 0.15) is 12.8 Å². The average molecular weight is 241 g/mol. The largest absolute Gasteiger partial charge is 0.355 e. The Hall–Kier alpha value is -0.330. The molecule has 1 aliphatic heterocycles. The molecule has 1 atom stereocenters. The number of carbonyl (C=O) groups excluding carboxylic acids is 1. The highest BCUT2D eigenvalue weighted by atomic mass is 35.5. The Morgan fingerprint density at radius 2 is 2.29 bits per heavy atom. The van der Waals surface area contributed by atoms with Crippen molar-refractivity contribution >= 4 is 27.5 Å². The summed E-state index contributed by atoms with van der Waals surface area (Å²) in [6, 6.07) is -0.628. The van der Waals surface area contributed by atoms with Gasteiger partial charge in [0.2, 0.25) is 15.9 Å². The van der Waals surface area contributed by atoms with Gasteiger partial charge in [-0.15, -0.1) is 11.6 Å². The highest BCUT2D eigenvalue weighted by Crippen LogP contribution is 2.04. The summed E-state index contributed by atoms with van der Waals surface area (Å²) in [7, 11) is -3.41. The summed E-state index contributed by atoms with van der Waals surface area (Å²) in [6.07, 6.45) is 1.34. The van der Waals surface area contributed by atoms with Gasteiger partial charge in [-0.3, -0.25) is 4.79 Å². The molecule has 14 heavy (non-hydrogen) atoms. The molecule has 1 fully saturated rings. The van der Waals surface area contributed by atoms with E-state index in [1.807, 2.05) is 0 Å². The number of piperidine rings is 1. The van der Waals surface area contributed by atoms with Crippen LogP contribution in [0, 0.1) is 0 Å². The molecule has 0 bridgehead atoms. The van der Waals surface area contributed by atoms with Gasteiger partial charge in [-0.05, 0) is 12.8 Å². The molecule has 1 aliphatic rings. The van der Waals surface area contributed by atoms with E-state index in [1.54, 1.807) is 0 Å². The quantitative estimate of drug-likeness (QED) is 0.646. The molecule has 0 aliphatic carbocycles. The summed E-state index contributed by atoms with van der Waals surface area (Å²) in [5.41, 5.74) is 0. The molecule has 0 radical (unpaired) electrons. The Morgan fingerprint density at radius 3 is 2.86 bits per heavy atom. The third-order valence-electron chi connectivity index (χ3n) is 1.95. The number of rotatable bonds is 4. The summed E-state index contributed by atoms with van der Waals surface area (Å²) in [6.45, 7) is 0.618. The van der Waals surface area contributed by atoms with Crippen molar-refractivity contribution in [2.24, 2.45) is 0 Å². The number of hydrogen-bond donors (Lipinski definition) is 2. The third kappa shape index (κ3) is 3.43. The fraction of sp³-hybridized carbons (Fsp3) is 0.857. The molecule has 82 valence electrons. The van der Waals surface area contributed by atoms with E-state index in [0.29, 0.717) is 13.0 Å². The minimum absolute atomic E-state index is 0.0314. The lowest BCUT2D eigenvalue weighted by Crippen LogP contribution is -2.50. The molecule has 0 aromatic rings. The maximum atomic E-state index is 11.3. The Kier molecular flexibility index (Phi) is 4.15. The molecular formula is C7H13ClN2O3S. The molecule has 1 rings (SSSR count). The molecule has 5 nitrogen and oxygen atoms in total. The lowest BCUT2D eigenvalue weighted by molar-refractivity contribution is -0.124. The lowest BCUT2D eigenvalue weighted by atomic mass is 10.1. The highest BCUT2D eigenvalue weighted by Gasteiger charge is 2.26. The Balaban J connectivity index is 2.54. The van der Waals surface area contributed by atoms with E-state index in [-0.39, 0.29) is 17.5 Å². The van der Waals surface area contributed by atoms with Gasteiger partial charge >= 0.3 is 0 Å². The normalized spacial score (nSPS) is 23.2. The van der Waals surface area contributed by atoms with Gasteiger partial charge < -0.3 is 5.32 Å². The molecule has 0 spiro atoms. The van der Waals surface area contributed by atoms with Crippen molar-refractivity contribution in [1.29, 1.82) is 0 Å². The molecule has 7 heteroatoms. The summed E-state index contributed by atoms with van der Waals surface area (Å²) in [5.74, 6) is -0.378. The van der Waals surface area contributed by atoms with Crippen molar-refractivity contribution in [2.75, 3.05) is 18.2 Å². The van der Waals surface area contributed by atoms with E-state index in [4.69, 9.17) is 11.6 Å². The van der Waals surface area contributed by atoms with Crippen LogP contribution in [0.5, 0.6) is 0 Å². The van der Waals surface area contributed by atoms with Crippen LogP contribution >= 0.6 is 11.6 Å². The highest BCUT2D eigenvalue weighted by molar-refractivity contribution is 7.89. The number of hydrogen-bond acceptors (Lipinski definition) is 3. The Labute approximate surface area is 88.2 Å². The predicted octanol–water partition coefficient (Wildman–Crippen LogP) is -0.577. The molecule has 0 aromatic carbocycles. The standard InChI is InChI=1S/C7H13ClN2O3S/c8-3-5-14(12,13)10-6-2-1-4-9-7(6)11/h6,10H,1-5H2,(H,9,11). The smallest absolute Gasteiger partial charge is 0.238 e. The van der Waals surface area contributed by atoms with Crippen LogP contribution in [0.2, 0.25) is 0 Å². The molecule has 0 aromatic heterocycles. The van der Waals surface area contributed by atoms with Crippen molar-refractivity contribution in [3.63, 3.8) is 0 Å². The van der Waals surface area contributed by atoms with Gasteiger partial charge in [-0.1, -0.05) is 0 Å². The first kappa shape index (κ1) is 11.7. The van der Waals surface area contributed by atoms with E-state index in [0.717, 1.165) is 6.42 Å². The zero-order valence-corrected chi connectivity index (χ0v) is 9.20.